The molecule has 4 nitrogen and oxygen atoms in total. The van der Waals surface area contributed by atoms with Crippen molar-refractivity contribution in [1.82, 2.24) is 14.5 Å². The smallest absolute Gasteiger partial charge is 0.201 e. The van der Waals surface area contributed by atoms with Gasteiger partial charge in [0.25, 0.3) is 0 Å². The number of hydrogen-bond donors (Lipinski definition) is 1. The highest BCUT2D eigenvalue weighted by molar-refractivity contribution is 6.31. The van der Waals surface area contributed by atoms with Gasteiger partial charge in [-0.3, -0.25) is 0 Å². The molecule has 1 aromatic carbocycles. The first-order valence-electron chi connectivity index (χ1n) is 7.21. The van der Waals surface area contributed by atoms with Crippen LogP contribution in [-0.4, -0.2) is 34.1 Å². The fourth-order valence-electron chi connectivity index (χ4n) is 3.38. The number of nitrogens with two attached hydrogens (primary N) is 1. The first kappa shape index (κ1) is 14.6. The average Bonchev–Trinajstić information content (AvgIpc) is 2.99. The lowest BCUT2D eigenvalue weighted by atomic mass is 9.96. The molecule has 1 aliphatic carbocycles. The summed E-state index contributed by atoms with van der Waals surface area (Å²) in [5.41, 5.74) is 7.50. The van der Waals surface area contributed by atoms with Gasteiger partial charge in [0.2, 0.25) is 5.95 Å². The molecular formula is C15H20ClFN4. The number of benzene rings is 1. The van der Waals surface area contributed by atoms with Gasteiger partial charge in [0, 0.05) is 18.2 Å². The third-order valence-electron chi connectivity index (χ3n) is 4.76. The Morgan fingerprint density at radius 1 is 1.38 bits per heavy atom. The highest BCUT2D eigenvalue weighted by Crippen LogP contribution is 2.37. The van der Waals surface area contributed by atoms with E-state index in [2.05, 4.69) is 24.0 Å². The van der Waals surface area contributed by atoms with E-state index < -0.39 is 5.82 Å². The van der Waals surface area contributed by atoms with Crippen LogP contribution in [-0.2, 0) is 6.54 Å². The molecule has 0 amide bonds. The van der Waals surface area contributed by atoms with Gasteiger partial charge in [-0.2, -0.15) is 0 Å². The van der Waals surface area contributed by atoms with Crippen LogP contribution in [0.4, 0.5) is 10.3 Å². The van der Waals surface area contributed by atoms with Gasteiger partial charge in [0.1, 0.15) is 5.82 Å². The molecule has 114 valence electrons. The molecule has 0 unspecified atom stereocenters. The van der Waals surface area contributed by atoms with Gasteiger partial charge >= 0.3 is 0 Å². The highest BCUT2D eigenvalue weighted by Gasteiger charge is 2.37. The fourth-order valence-corrected chi connectivity index (χ4v) is 3.54. The summed E-state index contributed by atoms with van der Waals surface area (Å²) in [6.45, 7) is 0.754. The van der Waals surface area contributed by atoms with Crippen LogP contribution in [0.5, 0.6) is 0 Å². The zero-order valence-electron chi connectivity index (χ0n) is 12.4. The van der Waals surface area contributed by atoms with Crippen molar-refractivity contribution in [2.45, 2.75) is 37.8 Å². The van der Waals surface area contributed by atoms with E-state index in [0.29, 0.717) is 11.5 Å². The summed E-state index contributed by atoms with van der Waals surface area (Å²) in [5, 5.41) is 0.106. The summed E-state index contributed by atoms with van der Waals surface area (Å²) < 4.78 is 15.5. The lowest BCUT2D eigenvalue weighted by molar-refractivity contribution is 0.136. The highest BCUT2D eigenvalue weighted by atomic mass is 35.5. The molecule has 0 bridgehead atoms. The molecule has 0 aliphatic heterocycles. The second-order valence-corrected chi connectivity index (χ2v) is 6.54. The summed E-state index contributed by atoms with van der Waals surface area (Å²) in [4.78, 5) is 6.55. The minimum absolute atomic E-state index is 0.0859. The second kappa shape index (κ2) is 5.14. The number of halogens is 2. The van der Waals surface area contributed by atoms with E-state index in [0.717, 1.165) is 24.9 Å². The molecule has 1 aromatic heterocycles. The van der Waals surface area contributed by atoms with Crippen molar-refractivity contribution >= 4 is 28.6 Å². The van der Waals surface area contributed by atoms with Crippen molar-refractivity contribution in [3.05, 3.63) is 23.0 Å². The number of likely N-dealkylation sites (N-methyl/N-ethyl adjacent to an activating group) is 1. The maximum Gasteiger partial charge on any atom is 0.201 e. The first-order valence-corrected chi connectivity index (χ1v) is 7.59. The van der Waals surface area contributed by atoms with E-state index >= 15 is 0 Å². The van der Waals surface area contributed by atoms with Crippen molar-refractivity contribution in [1.29, 1.82) is 0 Å². The number of fused-ring (bicyclic) bond motifs is 1. The Bertz CT molecular complexity index is 674. The van der Waals surface area contributed by atoms with Crippen LogP contribution in [0.25, 0.3) is 11.0 Å². The summed E-state index contributed by atoms with van der Waals surface area (Å²) in [5.74, 6) is -0.0446. The van der Waals surface area contributed by atoms with E-state index in [-0.39, 0.29) is 10.6 Å². The van der Waals surface area contributed by atoms with E-state index in [1.54, 1.807) is 6.07 Å². The molecule has 3 rings (SSSR count). The van der Waals surface area contributed by atoms with Gasteiger partial charge in [0.15, 0.2) is 0 Å². The number of anilines is 1. The SMILES string of the molecule is CN(C)C1(Cn2c(N)nc3cc(F)c(Cl)cc32)CCCC1. The number of aromatic nitrogens is 2. The predicted octanol–water partition coefficient (Wildman–Crippen LogP) is 3.29. The Morgan fingerprint density at radius 2 is 2.05 bits per heavy atom. The molecule has 1 heterocycles. The summed E-state index contributed by atoms with van der Waals surface area (Å²) in [6.07, 6.45) is 4.71. The second-order valence-electron chi connectivity index (χ2n) is 6.14. The lowest BCUT2D eigenvalue weighted by Crippen LogP contribution is -2.45. The topological polar surface area (TPSA) is 47.1 Å². The minimum atomic E-state index is -0.461. The molecule has 6 heteroatoms. The van der Waals surface area contributed by atoms with Gasteiger partial charge in [-0.1, -0.05) is 24.4 Å². The van der Waals surface area contributed by atoms with Gasteiger partial charge in [-0.15, -0.1) is 0 Å². The van der Waals surface area contributed by atoms with Gasteiger partial charge < -0.3 is 15.2 Å². The van der Waals surface area contributed by atoms with Crippen molar-refractivity contribution in [3.8, 4) is 0 Å². The standard InChI is InChI=1S/C15H20ClFN4/c1-20(2)15(5-3-4-6-15)9-21-13-7-10(16)11(17)8-12(13)19-14(21)18/h7-8H,3-6,9H2,1-2H3,(H2,18,19). The third kappa shape index (κ3) is 2.38. The Morgan fingerprint density at radius 3 is 2.67 bits per heavy atom. The Balaban J connectivity index is 2.08. The minimum Gasteiger partial charge on any atom is -0.369 e. The Hall–Kier alpha value is -1.33. The van der Waals surface area contributed by atoms with Crippen LogP contribution in [0.1, 0.15) is 25.7 Å². The molecule has 1 aliphatic rings. The number of nitrogens with zero attached hydrogens (tertiary/aromatic N) is 3. The Kier molecular flexibility index (Phi) is 3.58. The zero-order chi connectivity index (χ0) is 15.2. The average molecular weight is 311 g/mol. The number of rotatable bonds is 3. The van der Waals surface area contributed by atoms with Crippen LogP contribution in [0.3, 0.4) is 0 Å². The largest absolute Gasteiger partial charge is 0.369 e. The van der Waals surface area contributed by atoms with E-state index in [9.17, 15) is 4.39 Å². The molecule has 0 atom stereocenters. The van der Waals surface area contributed by atoms with Gasteiger partial charge in [0.05, 0.1) is 16.1 Å². The third-order valence-corrected chi connectivity index (χ3v) is 5.04. The molecule has 2 aromatic rings. The molecule has 0 radical (unpaired) electrons. The van der Waals surface area contributed by atoms with Crippen LogP contribution in [0, 0.1) is 5.82 Å². The van der Waals surface area contributed by atoms with Crippen molar-refractivity contribution in [2.24, 2.45) is 0 Å². The molecule has 0 saturated heterocycles. The first-order chi connectivity index (χ1) is 9.93. The molecule has 1 saturated carbocycles. The van der Waals surface area contributed by atoms with Crippen molar-refractivity contribution in [2.75, 3.05) is 19.8 Å². The van der Waals surface area contributed by atoms with Crippen LogP contribution >= 0.6 is 11.6 Å². The van der Waals surface area contributed by atoms with Crippen LogP contribution in [0.2, 0.25) is 5.02 Å². The predicted molar refractivity (Wildman–Crippen MR) is 84.0 cm³/mol. The monoisotopic (exact) mass is 310 g/mol. The normalized spacial score (nSPS) is 18.0. The van der Waals surface area contributed by atoms with Crippen molar-refractivity contribution < 1.29 is 4.39 Å². The van der Waals surface area contributed by atoms with Crippen LogP contribution in [0.15, 0.2) is 12.1 Å². The number of nitrogen functional groups attached to an aromatic ring is 1. The molecule has 0 spiro atoms. The number of imidazole rings is 1. The van der Waals surface area contributed by atoms with E-state index in [1.165, 1.54) is 18.9 Å². The van der Waals surface area contributed by atoms with Crippen molar-refractivity contribution in [3.63, 3.8) is 0 Å². The van der Waals surface area contributed by atoms with Gasteiger partial charge in [-0.25, -0.2) is 9.37 Å². The summed E-state index contributed by atoms with van der Waals surface area (Å²) in [7, 11) is 4.21. The molecule has 2 N–H and O–H groups in total. The summed E-state index contributed by atoms with van der Waals surface area (Å²) in [6, 6.07) is 2.97. The maximum atomic E-state index is 13.6. The van der Waals surface area contributed by atoms with E-state index in [4.69, 9.17) is 17.3 Å². The zero-order valence-corrected chi connectivity index (χ0v) is 13.1. The number of hydrogen-bond acceptors (Lipinski definition) is 3. The summed E-state index contributed by atoms with van der Waals surface area (Å²) >= 11 is 5.92. The fraction of sp³-hybridized carbons (Fsp3) is 0.533. The lowest BCUT2D eigenvalue weighted by Gasteiger charge is -2.37. The van der Waals surface area contributed by atoms with Gasteiger partial charge in [-0.05, 0) is 33.0 Å². The van der Waals surface area contributed by atoms with E-state index in [1.807, 2.05) is 4.57 Å². The Labute approximate surface area is 128 Å². The molecule has 1 fully saturated rings. The van der Waals surface area contributed by atoms with Crippen LogP contribution < -0.4 is 5.73 Å². The maximum absolute atomic E-state index is 13.6. The quantitative estimate of drug-likeness (QED) is 0.946. The molecule has 21 heavy (non-hydrogen) atoms. The molecular weight excluding hydrogens is 291 g/mol.